The Morgan fingerprint density at radius 1 is 0.483 bits per heavy atom. The molecule has 0 spiro atoms. The maximum absolute atomic E-state index is 13.3. The molecule has 0 unspecified atom stereocenters. The number of aromatic nitrogens is 4. The van der Waals surface area contributed by atoms with E-state index < -0.39 is 23.8 Å². The predicted molar refractivity (Wildman–Crippen MR) is 239 cm³/mol. The number of hydrogen-bond donors (Lipinski definition) is 5. The first kappa shape index (κ1) is 37.5. The molecule has 0 saturated carbocycles. The summed E-state index contributed by atoms with van der Waals surface area (Å²) in [6.45, 7) is 0. The molecule has 3 aromatic heterocycles. The summed E-state index contributed by atoms with van der Waals surface area (Å²) < 4.78 is 0. The number of amides is 3. The van der Waals surface area contributed by atoms with E-state index in [-0.39, 0.29) is 12.8 Å². The third-order valence-corrected chi connectivity index (χ3v) is 10.7. The van der Waals surface area contributed by atoms with E-state index in [2.05, 4.69) is 82.0 Å². The fraction of sp³-hybridized carbons (Fsp3) is 0.0600. The van der Waals surface area contributed by atoms with Gasteiger partial charge in [-0.1, -0.05) is 103 Å². The average molecular weight is 786 g/mol. The zero-order valence-electron chi connectivity index (χ0n) is 32.4. The monoisotopic (exact) mass is 785 g/mol. The lowest BCUT2D eigenvalue weighted by Crippen LogP contribution is -2.44. The first-order chi connectivity index (χ1) is 29.3. The summed E-state index contributed by atoms with van der Waals surface area (Å²) in [5.74, 6) is -1.84. The highest BCUT2D eigenvalue weighted by Crippen LogP contribution is 2.38. The van der Waals surface area contributed by atoms with Gasteiger partial charge in [0.25, 0.3) is 5.91 Å². The molecule has 0 radical (unpaired) electrons. The molecule has 10 heteroatoms. The van der Waals surface area contributed by atoms with E-state index >= 15 is 0 Å². The molecule has 10 nitrogen and oxygen atoms in total. The molecule has 292 valence electrons. The number of nitrogens with one attached hydrogen (secondary N) is 3. The summed E-state index contributed by atoms with van der Waals surface area (Å²) in [5.41, 5.74) is 25.2. The van der Waals surface area contributed by atoms with Gasteiger partial charge in [-0.05, 0) is 89.4 Å². The smallest absolute Gasteiger partial charge is 0.251 e. The number of primary amides is 2. The van der Waals surface area contributed by atoms with Crippen molar-refractivity contribution in [2.75, 3.05) is 0 Å². The molecule has 7 aromatic rings. The van der Waals surface area contributed by atoms with Gasteiger partial charge in [-0.15, -0.1) is 0 Å². The van der Waals surface area contributed by atoms with E-state index in [0.29, 0.717) is 5.56 Å². The van der Waals surface area contributed by atoms with E-state index in [1.54, 1.807) is 12.1 Å². The van der Waals surface area contributed by atoms with E-state index in [0.717, 1.165) is 89.4 Å². The number of carbonyl (C=O) groups excluding carboxylic acids is 3. The van der Waals surface area contributed by atoms with Crippen LogP contribution < -0.4 is 16.8 Å². The summed E-state index contributed by atoms with van der Waals surface area (Å²) in [6, 6.07) is 45.1. The van der Waals surface area contributed by atoms with Gasteiger partial charge < -0.3 is 26.8 Å². The van der Waals surface area contributed by atoms with Gasteiger partial charge in [0.2, 0.25) is 11.8 Å². The fourth-order valence-electron chi connectivity index (χ4n) is 7.84. The fourth-order valence-corrected chi connectivity index (χ4v) is 7.84. The van der Waals surface area contributed by atoms with E-state index in [1.165, 1.54) is 0 Å². The summed E-state index contributed by atoms with van der Waals surface area (Å²) in [4.78, 5) is 55.0. The number of rotatable bonds is 10. The van der Waals surface area contributed by atoms with Crippen LogP contribution in [0.1, 0.15) is 46.0 Å². The number of nitrogens with two attached hydrogens (primary N) is 2. The Hall–Kier alpha value is -8.11. The summed E-state index contributed by atoms with van der Waals surface area (Å²) >= 11 is 0. The van der Waals surface area contributed by atoms with Gasteiger partial charge in [-0.25, -0.2) is 9.97 Å². The minimum Gasteiger partial charge on any atom is -0.370 e. The number of hydrogen-bond acceptors (Lipinski definition) is 5. The van der Waals surface area contributed by atoms with Gasteiger partial charge in [0, 0.05) is 56.3 Å². The molecular formula is C50H39N7O3. The van der Waals surface area contributed by atoms with Gasteiger partial charge in [0.05, 0.1) is 22.8 Å². The third-order valence-electron chi connectivity index (χ3n) is 10.7. The highest BCUT2D eigenvalue weighted by molar-refractivity contribution is 6.01. The second kappa shape index (κ2) is 16.0. The highest BCUT2D eigenvalue weighted by Gasteiger charge is 2.22. The molecule has 2 aliphatic heterocycles. The molecule has 2 aliphatic rings. The number of carbonyl (C=O) groups is 3. The van der Waals surface area contributed by atoms with Gasteiger partial charge in [0.15, 0.2) is 0 Å². The van der Waals surface area contributed by atoms with E-state index in [9.17, 15) is 14.4 Å². The first-order valence-electron chi connectivity index (χ1n) is 19.6. The molecule has 3 amide bonds. The zero-order valence-corrected chi connectivity index (χ0v) is 32.4. The van der Waals surface area contributed by atoms with Gasteiger partial charge in [-0.2, -0.15) is 0 Å². The van der Waals surface area contributed by atoms with Crippen molar-refractivity contribution in [1.29, 1.82) is 0 Å². The molecule has 60 heavy (non-hydrogen) atoms. The molecule has 7 N–H and O–H groups in total. The minimum atomic E-state index is -1.05. The van der Waals surface area contributed by atoms with Crippen molar-refractivity contribution in [3.05, 3.63) is 168 Å². The van der Waals surface area contributed by atoms with Crippen LogP contribution >= 0.6 is 0 Å². The maximum Gasteiger partial charge on any atom is 0.251 e. The van der Waals surface area contributed by atoms with Crippen LogP contribution in [0, 0.1) is 0 Å². The standard InChI is InChI=1S/C50H39N7O3/c51-44(58)29-28-43(49(52)59)57-50(60)34-18-16-33(17-19-34)48-41-26-24-39(55-41)46(31-12-6-2-7-13-31)37-22-20-35(53-37)45(30-10-4-1-5-11-30)36-21-23-38(54-36)47(32-14-8-3-9-15-32)40-25-27-42(48)56-40/h1-27,43,53,56H,28-29H2,(H2,51,58)(H2,52,59)(H,57,60)/t43-/m0/s1. The van der Waals surface area contributed by atoms with Crippen LogP contribution in [0.25, 0.3) is 90.9 Å². The van der Waals surface area contributed by atoms with Crippen molar-refractivity contribution < 1.29 is 14.4 Å². The van der Waals surface area contributed by atoms with Gasteiger partial charge in [-0.3, -0.25) is 14.4 Å². The molecule has 0 saturated heterocycles. The van der Waals surface area contributed by atoms with Crippen molar-refractivity contribution in [1.82, 2.24) is 25.3 Å². The van der Waals surface area contributed by atoms with Crippen molar-refractivity contribution in [2.24, 2.45) is 11.5 Å². The third kappa shape index (κ3) is 7.41. The van der Waals surface area contributed by atoms with Crippen molar-refractivity contribution in [3.8, 4) is 44.5 Å². The van der Waals surface area contributed by atoms with Crippen LogP contribution in [0.3, 0.4) is 0 Å². The maximum atomic E-state index is 13.3. The number of aromatic amines is 2. The molecule has 8 bridgehead atoms. The highest BCUT2D eigenvalue weighted by atomic mass is 16.2. The Bertz CT molecular complexity index is 2980. The average Bonchev–Trinajstić information content (AvgIpc) is 4.12. The molecule has 5 heterocycles. The normalized spacial score (nSPS) is 12.3. The number of H-pyrrole nitrogens is 2. The second-order valence-corrected chi connectivity index (χ2v) is 14.6. The topological polar surface area (TPSA) is 173 Å². The minimum absolute atomic E-state index is 0.00828. The molecule has 9 rings (SSSR count). The van der Waals surface area contributed by atoms with Crippen molar-refractivity contribution in [2.45, 2.75) is 18.9 Å². The Labute approximate surface area is 345 Å². The SMILES string of the molecule is NC(=O)CC[C@H](NC(=O)c1ccc(-c2c3nc(c(-c4ccccc4)c4ccc([nH]4)c(-c4ccccc4)c4nc(c(-c5ccccc5)c5ccc2[nH]5)C=C4)C=C3)cc1)C(N)=O. The number of nitrogens with zero attached hydrogens (tertiary/aromatic N) is 2. The van der Waals surface area contributed by atoms with Crippen LogP contribution in [-0.2, 0) is 9.59 Å². The molecule has 1 atom stereocenters. The largest absolute Gasteiger partial charge is 0.370 e. The van der Waals surface area contributed by atoms with Gasteiger partial charge in [0.1, 0.15) is 6.04 Å². The van der Waals surface area contributed by atoms with Crippen molar-refractivity contribution in [3.63, 3.8) is 0 Å². The van der Waals surface area contributed by atoms with Crippen LogP contribution in [-0.4, -0.2) is 43.7 Å². The summed E-state index contributed by atoms with van der Waals surface area (Å²) in [5, 5.41) is 2.65. The van der Waals surface area contributed by atoms with Gasteiger partial charge >= 0.3 is 0 Å². The lowest BCUT2D eigenvalue weighted by Gasteiger charge is -2.15. The molecule has 4 aromatic carbocycles. The number of fused-ring (bicyclic) bond motifs is 8. The van der Waals surface area contributed by atoms with Crippen LogP contribution in [0.5, 0.6) is 0 Å². The lowest BCUT2D eigenvalue weighted by atomic mass is 10.0. The summed E-state index contributed by atoms with van der Waals surface area (Å²) in [7, 11) is 0. The Morgan fingerprint density at radius 3 is 1.17 bits per heavy atom. The Balaban J connectivity index is 1.31. The van der Waals surface area contributed by atoms with Crippen LogP contribution in [0.4, 0.5) is 0 Å². The van der Waals surface area contributed by atoms with Crippen LogP contribution in [0.2, 0.25) is 0 Å². The van der Waals surface area contributed by atoms with Crippen LogP contribution in [0.15, 0.2) is 140 Å². The first-order valence-corrected chi connectivity index (χ1v) is 19.6. The molecule has 0 aliphatic carbocycles. The van der Waals surface area contributed by atoms with E-state index in [1.807, 2.05) is 84.9 Å². The van der Waals surface area contributed by atoms with E-state index in [4.69, 9.17) is 21.4 Å². The summed E-state index contributed by atoms with van der Waals surface area (Å²) in [6.07, 6.45) is 8.11. The second-order valence-electron chi connectivity index (χ2n) is 14.6. The Morgan fingerprint density at radius 2 is 0.833 bits per heavy atom. The lowest BCUT2D eigenvalue weighted by molar-refractivity contribution is -0.120. The number of benzene rings is 4. The van der Waals surface area contributed by atoms with Crippen molar-refractivity contribution >= 4 is 64.1 Å². The quantitative estimate of drug-likeness (QED) is 0.0929. The Kier molecular flexibility index (Phi) is 10.0. The molecule has 0 fully saturated rings. The zero-order chi connectivity index (χ0) is 41.2. The predicted octanol–water partition coefficient (Wildman–Crippen LogP) is 9.17. The molecular weight excluding hydrogens is 747 g/mol.